The van der Waals surface area contributed by atoms with Crippen molar-refractivity contribution < 1.29 is 40.7 Å². The van der Waals surface area contributed by atoms with Crippen molar-refractivity contribution in [2.45, 2.75) is 56.9 Å². The third kappa shape index (κ3) is 4.94. The van der Waals surface area contributed by atoms with Crippen molar-refractivity contribution in [2.75, 3.05) is 26.7 Å². The standard InChI is InChI=1S/C18H23F6N5O3/c1-16(27(2)13(30)11-10-29-8-5-25-9-12(29)26-11)3-6-28(7-4-16)15(31)32-14(17(19,20)21)18(22,23)24/h10,14,25H,3-9H2,1-2H3. The number of nitrogens with zero attached hydrogens (tertiary/aromatic N) is 4. The molecule has 1 aromatic rings. The molecule has 1 saturated heterocycles. The number of carbonyl (C=O) groups excluding carboxylic acids is 2. The number of likely N-dealkylation sites (tertiary alicyclic amines) is 1. The molecule has 14 heteroatoms. The van der Waals surface area contributed by atoms with Gasteiger partial charge in [0, 0.05) is 45.0 Å². The van der Waals surface area contributed by atoms with E-state index in [4.69, 9.17) is 0 Å². The molecule has 1 aromatic heterocycles. The van der Waals surface area contributed by atoms with E-state index in [2.05, 4.69) is 15.0 Å². The monoisotopic (exact) mass is 471 g/mol. The van der Waals surface area contributed by atoms with Crippen LogP contribution in [0.1, 0.15) is 36.1 Å². The Bertz CT molecular complexity index is 823. The first-order chi connectivity index (χ1) is 14.7. The summed E-state index contributed by atoms with van der Waals surface area (Å²) in [5.41, 5.74) is -0.531. The number of hydrogen-bond acceptors (Lipinski definition) is 5. The molecule has 0 spiro atoms. The molecule has 180 valence electrons. The molecule has 2 aliphatic rings. The van der Waals surface area contributed by atoms with Crippen molar-refractivity contribution in [3.05, 3.63) is 17.7 Å². The number of carbonyl (C=O) groups is 2. The number of halogens is 6. The highest BCUT2D eigenvalue weighted by Crippen LogP contribution is 2.36. The van der Waals surface area contributed by atoms with E-state index in [1.165, 1.54) is 4.90 Å². The first-order valence-electron chi connectivity index (χ1n) is 9.86. The van der Waals surface area contributed by atoms with Crippen LogP contribution in [-0.2, 0) is 17.8 Å². The highest BCUT2D eigenvalue weighted by atomic mass is 19.4. The summed E-state index contributed by atoms with van der Waals surface area (Å²) in [6.45, 7) is 3.35. The summed E-state index contributed by atoms with van der Waals surface area (Å²) in [6.07, 6.45) is -15.5. The summed E-state index contributed by atoms with van der Waals surface area (Å²) < 4.78 is 81.4. The van der Waals surface area contributed by atoms with Gasteiger partial charge in [-0.15, -0.1) is 0 Å². The van der Waals surface area contributed by atoms with Gasteiger partial charge >= 0.3 is 18.4 Å². The molecule has 0 atom stereocenters. The van der Waals surface area contributed by atoms with E-state index >= 15 is 0 Å². The lowest BCUT2D eigenvalue weighted by Crippen LogP contribution is -2.56. The van der Waals surface area contributed by atoms with E-state index in [0.29, 0.717) is 13.1 Å². The molecule has 0 aliphatic carbocycles. The first-order valence-corrected chi connectivity index (χ1v) is 9.86. The van der Waals surface area contributed by atoms with Gasteiger partial charge in [0.2, 0.25) is 0 Å². The van der Waals surface area contributed by atoms with Crippen LogP contribution in [0.3, 0.4) is 0 Å². The molecule has 3 heterocycles. The first kappa shape index (κ1) is 24.1. The number of imidazole rings is 1. The molecule has 0 saturated carbocycles. The summed E-state index contributed by atoms with van der Waals surface area (Å²) in [7, 11) is 1.55. The van der Waals surface area contributed by atoms with Crippen LogP contribution >= 0.6 is 0 Å². The molecule has 0 radical (unpaired) electrons. The van der Waals surface area contributed by atoms with Gasteiger partial charge in [-0.1, -0.05) is 0 Å². The van der Waals surface area contributed by atoms with Gasteiger partial charge in [-0.05, 0) is 19.8 Å². The third-order valence-corrected chi connectivity index (χ3v) is 5.92. The summed E-state index contributed by atoms with van der Waals surface area (Å²) in [5.74, 6) is 0.360. The van der Waals surface area contributed by atoms with E-state index in [0.717, 1.165) is 17.3 Å². The Kier molecular flexibility index (Phi) is 6.37. The molecular formula is C18H23F6N5O3. The molecule has 3 rings (SSSR count). The molecule has 8 nitrogen and oxygen atoms in total. The van der Waals surface area contributed by atoms with Gasteiger partial charge in [0.05, 0.1) is 6.54 Å². The van der Waals surface area contributed by atoms with E-state index in [9.17, 15) is 35.9 Å². The zero-order valence-corrected chi connectivity index (χ0v) is 17.4. The molecule has 1 N–H and O–H groups in total. The summed E-state index contributed by atoms with van der Waals surface area (Å²) >= 11 is 0. The smallest absolute Gasteiger partial charge is 0.426 e. The fraction of sp³-hybridized carbons (Fsp3) is 0.722. The van der Waals surface area contributed by atoms with Gasteiger partial charge in [-0.2, -0.15) is 26.3 Å². The van der Waals surface area contributed by atoms with Crippen LogP contribution in [0.5, 0.6) is 0 Å². The van der Waals surface area contributed by atoms with Crippen LogP contribution in [0.2, 0.25) is 0 Å². The SMILES string of the molecule is CN(C(=O)c1cn2c(n1)CNCC2)C1(C)CCN(C(=O)OC(C(F)(F)F)C(F)(F)F)CC1. The lowest BCUT2D eigenvalue weighted by atomic mass is 9.88. The predicted octanol–water partition coefficient (Wildman–Crippen LogP) is 2.54. The van der Waals surface area contributed by atoms with Crippen LogP contribution < -0.4 is 5.32 Å². The maximum atomic E-state index is 12.9. The zero-order chi connectivity index (χ0) is 23.9. The van der Waals surface area contributed by atoms with Gasteiger partial charge in [-0.25, -0.2) is 9.78 Å². The summed E-state index contributed by atoms with van der Waals surface area (Å²) in [5, 5.41) is 3.14. The minimum atomic E-state index is -5.77. The Hall–Kier alpha value is -2.51. The maximum Gasteiger partial charge on any atom is 0.434 e. The van der Waals surface area contributed by atoms with Gasteiger partial charge < -0.3 is 24.4 Å². The number of fused-ring (bicyclic) bond motifs is 1. The van der Waals surface area contributed by atoms with Crippen molar-refractivity contribution in [3.63, 3.8) is 0 Å². The summed E-state index contributed by atoms with van der Waals surface area (Å²) in [6, 6.07) is 0. The Labute approximate surface area is 179 Å². The number of alkyl halides is 6. The number of nitrogens with one attached hydrogen (secondary N) is 1. The Morgan fingerprint density at radius 3 is 2.28 bits per heavy atom. The molecule has 0 bridgehead atoms. The predicted molar refractivity (Wildman–Crippen MR) is 97.6 cm³/mol. The number of aromatic nitrogens is 2. The molecule has 2 amide bonds. The van der Waals surface area contributed by atoms with Crippen LogP contribution in [0, 0.1) is 0 Å². The second-order valence-electron chi connectivity index (χ2n) is 8.11. The average Bonchev–Trinajstić information content (AvgIpc) is 3.13. The molecule has 0 unspecified atom stereocenters. The minimum Gasteiger partial charge on any atom is -0.426 e. The van der Waals surface area contributed by atoms with Crippen molar-refractivity contribution in [2.24, 2.45) is 0 Å². The van der Waals surface area contributed by atoms with Crippen LogP contribution in [0.25, 0.3) is 0 Å². The van der Waals surface area contributed by atoms with E-state index in [1.807, 2.05) is 4.57 Å². The highest BCUT2D eigenvalue weighted by molar-refractivity contribution is 5.92. The van der Waals surface area contributed by atoms with Crippen molar-refractivity contribution in [3.8, 4) is 0 Å². The second-order valence-corrected chi connectivity index (χ2v) is 8.11. The second kappa shape index (κ2) is 8.45. The Morgan fingerprint density at radius 2 is 1.75 bits per heavy atom. The van der Waals surface area contributed by atoms with Gasteiger partial charge in [-0.3, -0.25) is 4.79 Å². The zero-order valence-electron chi connectivity index (χ0n) is 17.4. The largest absolute Gasteiger partial charge is 0.434 e. The van der Waals surface area contributed by atoms with Gasteiger partial charge in [0.1, 0.15) is 11.5 Å². The molecular weight excluding hydrogens is 448 g/mol. The number of piperidine rings is 1. The average molecular weight is 471 g/mol. The molecule has 2 aliphatic heterocycles. The Morgan fingerprint density at radius 1 is 1.16 bits per heavy atom. The molecule has 0 aromatic carbocycles. The van der Waals surface area contributed by atoms with E-state index in [1.54, 1.807) is 20.2 Å². The Balaban J connectivity index is 1.62. The van der Waals surface area contributed by atoms with Crippen molar-refractivity contribution in [1.29, 1.82) is 0 Å². The summed E-state index contributed by atoms with van der Waals surface area (Å²) in [4.78, 5) is 31.4. The molecule has 32 heavy (non-hydrogen) atoms. The van der Waals surface area contributed by atoms with Gasteiger partial charge in [0.15, 0.2) is 0 Å². The van der Waals surface area contributed by atoms with Crippen LogP contribution in [0.15, 0.2) is 6.20 Å². The lowest BCUT2D eigenvalue weighted by Gasteiger charge is -2.44. The highest BCUT2D eigenvalue weighted by Gasteiger charge is 2.60. The number of ether oxygens (including phenoxy) is 1. The van der Waals surface area contributed by atoms with Gasteiger partial charge in [0.25, 0.3) is 12.0 Å². The normalized spacial score (nSPS) is 19.0. The van der Waals surface area contributed by atoms with Crippen molar-refractivity contribution >= 4 is 12.0 Å². The maximum absolute atomic E-state index is 12.9. The number of amides is 2. The molecule has 1 fully saturated rings. The number of rotatable bonds is 3. The minimum absolute atomic E-state index is 0.141. The fourth-order valence-corrected chi connectivity index (χ4v) is 3.71. The van der Waals surface area contributed by atoms with Crippen LogP contribution in [-0.4, -0.2) is 82.0 Å². The van der Waals surface area contributed by atoms with Crippen molar-refractivity contribution in [1.82, 2.24) is 24.7 Å². The quantitative estimate of drug-likeness (QED) is 0.686. The topological polar surface area (TPSA) is 79.7 Å². The van der Waals surface area contributed by atoms with E-state index < -0.39 is 30.1 Å². The third-order valence-electron chi connectivity index (χ3n) is 5.92. The fourth-order valence-electron chi connectivity index (χ4n) is 3.71. The van der Waals surface area contributed by atoms with E-state index in [-0.39, 0.29) is 37.5 Å². The van der Waals surface area contributed by atoms with Crippen LogP contribution in [0.4, 0.5) is 31.1 Å². The number of hydrogen-bond donors (Lipinski definition) is 1. The lowest BCUT2D eigenvalue weighted by molar-refractivity contribution is -0.308.